The Kier molecular flexibility index (Phi) is 2.82. The van der Waals surface area contributed by atoms with Gasteiger partial charge in [-0.3, -0.25) is 0 Å². The van der Waals surface area contributed by atoms with Crippen molar-refractivity contribution in [3.05, 3.63) is 24.7 Å². The molecule has 0 aromatic carbocycles. The summed E-state index contributed by atoms with van der Waals surface area (Å²) < 4.78 is 1.76. The third-order valence-corrected chi connectivity index (χ3v) is 2.27. The molecule has 0 fully saturated rings. The zero-order valence-corrected chi connectivity index (χ0v) is 8.59. The number of nitrogens with one attached hydrogen (secondary N) is 1. The Morgan fingerprint density at radius 3 is 3.20 bits per heavy atom. The fourth-order valence-electron chi connectivity index (χ4n) is 1.47. The molecule has 0 saturated carbocycles. The molecule has 0 spiro atoms. The monoisotopic (exact) mass is 206 g/mol. The van der Waals surface area contributed by atoms with Crippen molar-refractivity contribution in [1.29, 1.82) is 0 Å². The maximum Gasteiger partial charge on any atom is 0.152 e. The minimum absolute atomic E-state index is 0.177. The average Bonchev–Trinajstić information content (AvgIpc) is 2.67. The van der Waals surface area contributed by atoms with Gasteiger partial charge >= 0.3 is 0 Å². The first kappa shape index (κ1) is 9.92. The van der Waals surface area contributed by atoms with Crippen molar-refractivity contribution in [2.75, 3.05) is 11.9 Å². The fraction of sp³-hybridized carbons (Fsp3) is 0.400. The van der Waals surface area contributed by atoms with Gasteiger partial charge in [-0.15, -0.1) is 0 Å². The standard InChI is InChI=1S/C10H14N4O/c1-8(3-7-15)13-10-9-2-4-12-14(9)6-5-11-10/h2,4-6,8,15H,3,7H2,1H3,(H,11,13). The van der Waals surface area contributed by atoms with Crippen molar-refractivity contribution in [3.63, 3.8) is 0 Å². The number of aliphatic hydroxyl groups is 1. The highest BCUT2D eigenvalue weighted by Gasteiger charge is 2.06. The highest BCUT2D eigenvalue weighted by atomic mass is 16.3. The van der Waals surface area contributed by atoms with E-state index in [0.29, 0.717) is 6.42 Å². The highest BCUT2D eigenvalue weighted by Crippen LogP contribution is 2.13. The van der Waals surface area contributed by atoms with E-state index in [2.05, 4.69) is 15.4 Å². The quantitative estimate of drug-likeness (QED) is 0.780. The van der Waals surface area contributed by atoms with Gasteiger partial charge in [0.2, 0.25) is 0 Å². The Morgan fingerprint density at radius 1 is 1.53 bits per heavy atom. The largest absolute Gasteiger partial charge is 0.396 e. The first-order valence-corrected chi connectivity index (χ1v) is 4.97. The molecular weight excluding hydrogens is 192 g/mol. The summed E-state index contributed by atoms with van der Waals surface area (Å²) in [5, 5.41) is 16.2. The van der Waals surface area contributed by atoms with Crippen molar-refractivity contribution in [1.82, 2.24) is 14.6 Å². The number of fused-ring (bicyclic) bond motifs is 1. The van der Waals surface area contributed by atoms with Gasteiger partial charge in [-0.25, -0.2) is 9.50 Å². The second-order valence-electron chi connectivity index (χ2n) is 3.49. The molecule has 0 aliphatic rings. The summed E-state index contributed by atoms with van der Waals surface area (Å²) in [5.41, 5.74) is 0.947. The van der Waals surface area contributed by atoms with Gasteiger partial charge in [0, 0.05) is 25.0 Å². The molecule has 15 heavy (non-hydrogen) atoms. The topological polar surface area (TPSA) is 62.5 Å². The van der Waals surface area contributed by atoms with Crippen LogP contribution in [0.25, 0.3) is 5.52 Å². The molecule has 5 nitrogen and oxygen atoms in total. The molecule has 0 aliphatic heterocycles. The van der Waals surface area contributed by atoms with Crippen LogP contribution in [0.4, 0.5) is 5.82 Å². The van der Waals surface area contributed by atoms with Gasteiger partial charge in [-0.05, 0) is 19.4 Å². The number of aliphatic hydroxyl groups excluding tert-OH is 1. The van der Waals surface area contributed by atoms with Gasteiger partial charge in [0.25, 0.3) is 0 Å². The Hall–Kier alpha value is -1.62. The van der Waals surface area contributed by atoms with E-state index < -0.39 is 0 Å². The fourth-order valence-corrected chi connectivity index (χ4v) is 1.47. The lowest BCUT2D eigenvalue weighted by Gasteiger charge is -2.13. The summed E-state index contributed by atoms with van der Waals surface area (Å²) >= 11 is 0. The van der Waals surface area contributed by atoms with E-state index in [1.807, 2.05) is 13.0 Å². The van der Waals surface area contributed by atoms with Crippen molar-refractivity contribution in [2.24, 2.45) is 0 Å². The molecule has 0 bridgehead atoms. The molecule has 0 radical (unpaired) electrons. The van der Waals surface area contributed by atoms with Gasteiger partial charge in [-0.1, -0.05) is 0 Å². The van der Waals surface area contributed by atoms with Crippen molar-refractivity contribution >= 4 is 11.3 Å². The van der Waals surface area contributed by atoms with Crippen LogP contribution in [0.2, 0.25) is 0 Å². The van der Waals surface area contributed by atoms with Crippen LogP contribution >= 0.6 is 0 Å². The molecule has 2 rings (SSSR count). The third kappa shape index (κ3) is 2.07. The van der Waals surface area contributed by atoms with Crippen molar-refractivity contribution < 1.29 is 5.11 Å². The molecular formula is C10H14N4O. The van der Waals surface area contributed by atoms with E-state index in [1.54, 1.807) is 23.1 Å². The molecule has 0 aliphatic carbocycles. The Balaban J connectivity index is 2.23. The molecule has 1 unspecified atom stereocenters. The zero-order chi connectivity index (χ0) is 10.7. The smallest absolute Gasteiger partial charge is 0.152 e. The number of aromatic nitrogens is 3. The molecule has 2 heterocycles. The second-order valence-corrected chi connectivity index (χ2v) is 3.49. The van der Waals surface area contributed by atoms with Gasteiger partial charge in [-0.2, -0.15) is 5.10 Å². The summed E-state index contributed by atoms with van der Waals surface area (Å²) in [6.07, 6.45) is 5.95. The van der Waals surface area contributed by atoms with Crippen LogP contribution in [-0.4, -0.2) is 32.4 Å². The SMILES string of the molecule is CC(CCO)Nc1nccn2nccc12. The summed E-state index contributed by atoms with van der Waals surface area (Å²) in [6.45, 7) is 2.19. The van der Waals surface area contributed by atoms with Crippen LogP contribution in [0.1, 0.15) is 13.3 Å². The third-order valence-electron chi connectivity index (χ3n) is 2.27. The van der Waals surface area contributed by atoms with Gasteiger partial charge in [0.1, 0.15) is 5.52 Å². The van der Waals surface area contributed by atoms with Gasteiger partial charge in [0.15, 0.2) is 5.82 Å². The first-order valence-electron chi connectivity index (χ1n) is 4.97. The number of hydrogen-bond acceptors (Lipinski definition) is 4. The summed E-state index contributed by atoms with van der Waals surface area (Å²) in [7, 11) is 0. The highest BCUT2D eigenvalue weighted by molar-refractivity contribution is 5.66. The Bertz CT molecular complexity index is 440. The number of nitrogens with zero attached hydrogens (tertiary/aromatic N) is 3. The molecule has 5 heteroatoms. The minimum atomic E-state index is 0.177. The van der Waals surface area contributed by atoms with E-state index in [9.17, 15) is 0 Å². The lowest BCUT2D eigenvalue weighted by molar-refractivity contribution is 0.282. The maximum atomic E-state index is 8.81. The second kappa shape index (κ2) is 4.27. The normalized spacial score (nSPS) is 12.9. The van der Waals surface area contributed by atoms with Crippen LogP contribution in [0.5, 0.6) is 0 Å². The summed E-state index contributed by atoms with van der Waals surface area (Å²) in [5.74, 6) is 0.802. The molecule has 0 saturated heterocycles. The molecule has 2 aromatic rings. The van der Waals surface area contributed by atoms with Crippen LogP contribution in [0.3, 0.4) is 0 Å². The molecule has 1 atom stereocenters. The summed E-state index contributed by atoms with van der Waals surface area (Å²) in [6, 6.07) is 2.10. The van der Waals surface area contributed by atoms with Crippen LogP contribution in [-0.2, 0) is 0 Å². The van der Waals surface area contributed by atoms with Crippen LogP contribution in [0.15, 0.2) is 24.7 Å². The Morgan fingerprint density at radius 2 is 2.40 bits per heavy atom. The van der Waals surface area contributed by atoms with Crippen LogP contribution < -0.4 is 5.32 Å². The molecule has 2 aromatic heterocycles. The molecule has 2 N–H and O–H groups in total. The zero-order valence-electron chi connectivity index (χ0n) is 8.59. The Labute approximate surface area is 87.8 Å². The van der Waals surface area contributed by atoms with Crippen molar-refractivity contribution in [3.8, 4) is 0 Å². The van der Waals surface area contributed by atoms with E-state index in [0.717, 1.165) is 11.3 Å². The lowest BCUT2D eigenvalue weighted by Crippen LogP contribution is -2.17. The molecule has 80 valence electrons. The number of anilines is 1. The van der Waals surface area contributed by atoms with E-state index in [1.165, 1.54) is 0 Å². The van der Waals surface area contributed by atoms with Crippen molar-refractivity contribution in [2.45, 2.75) is 19.4 Å². The predicted molar refractivity (Wildman–Crippen MR) is 57.8 cm³/mol. The lowest BCUT2D eigenvalue weighted by atomic mass is 10.2. The number of rotatable bonds is 4. The first-order chi connectivity index (χ1) is 7.31. The van der Waals surface area contributed by atoms with E-state index in [4.69, 9.17) is 5.11 Å². The average molecular weight is 206 g/mol. The van der Waals surface area contributed by atoms with Crippen LogP contribution in [0, 0.1) is 0 Å². The van der Waals surface area contributed by atoms with E-state index >= 15 is 0 Å². The molecule has 0 amide bonds. The maximum absolute atomic E-state index is 8.81. The number of hydrogen-bond donors (Lipinski definition) is 2. The van der Waals surface area contributed by atoms with Gasteiger partial charge < -0.3 is 10.4 Å². The minimum Gasteiger partial charge on any atom is -0.396 e. The van der Waals surface area contributed by atoms with Gasteiger partial charge in [0.05, 0.1) is 6.20 Å². The predicted octanol–water partition coefficient (Wildman–Crippen LogP) is 0.912. The summed E-state index contributed by atoms with van der Waals surface area (Å²) in [4.78, 5) is 4.25. The van der Waals surface area contributed by atoms with E-state index in [-0.39, 0.29) is 12.6 Å².